The van der Waals surface area contributed by atoms with Crippen LogP contribution in [-0.4, -0.2) is 24.2 Å². The maximum Gasteiger partial charge on any atom is 0.287 e. The topological polar surface area (TPSA) is 88.9 Å². The predicted molar refractivity (Wildman–Crippen MR) is 109 cm³/mol. The third kappa shape index (κ3) is 4.10. The van der Waals surface area contributed by atoms with Crippen LogP contribution in [0.4, 0.5) is 5.69 Å². The van der Waals surface area contributed by atoms with Gasteiger partial charge < -0.3 is 14.5 Å². The highest BCUT2D eigenvalue weighted by Gasteiger charge is 2.27. The molecule has 7 heteroatoms. The predicted octanol–water partition coefficient (Wildman–Crippen LogP) is 3.34. The van der Waals surface area contributed by atoms with Gasteiger partial charge >= 0.3 is 0 Å². The summed E-state index contributed by atoms with van der Waals surface area (Å²) in [6.45, 7) is 1.88. The molecule has 0 atom stereocenters. The van der Waals surface area contributed by atoms with E-state index in [0.29, 0.717) is 29.3 Å². The summed E-state index contributed by atoms with van der Waals surface area (Å²) in [4.78, 5) is 38.0. The first-order chi connectivity index (χ1) is 14.5. The van der Waals surface area contributed by atoms with Crippen LogP contribution in [0.5, 0.6) is 5.75 Å². The Morgan fingerprint density at radius 3 is 2.63 bits per heavy atom. The van der Waals surface area contributed by atoms with Gasteiger partial charge in [0.15, 0.2) is 18.2 Å². The summed E-state index contributed by atoms with van der Waals surface area (Å²) in [5.41, 5.74) is 1.97. The molecule has 2 heterocycles. The minimum Gasteiger partial charge on any atom is -0.482 e. The number of furan rings is 1. The number of fused-ring (bicyclic) bond motifs is 1. The third-order valence-corrected chi connectivity index (χ3v) is 4.80. The van der Waals surface area contributed by atoms with Gasteiger partial charge in [-0.2, -0.15) is 0 Å². The lowest BCUT2D eigenvalue weighted by atomic mass is 10.1. The molecule has 0 saturated carbocycles. The molecule has 4 rings (SSSR count). The summed E-state index contributed by atoms with van der Waals surface area (Å²) in [6.07, 6.45) is 0. The summed E-state index contributed by atoms with van der Waals surface area (Å²) in [5.74, 6) is 0.444. The fourth-order valence-corrected chi connectivity index (χ4v) is 3.20. The zero-order chi connectivity index (χ0) is 21.1. The van der Waals surface area contributed by atoms with Crippen LogP contribution in [0.2, 0.25) is 0 Å². The van der Waals surface area contributed by atoms with Gasteiger partial charge in [0.2, 0.25) is 0 Å². The Hall–Kier alpha value is -3.87. The highest BCUT2D eigenvalue weighted by atomic mass is 16.5. The molecule has 0 aliphatic carbocycles. The number of benzene rings is 2. The average molecular weight is 404 g/mol. The van der Waals surface area contributed by atoms with Crippen molar-refractivity contribution in [3.05, 3.63) is 83.3 Å². The van der Waals surface area contributed by atoms with Gasteiger partial charge in [-0.25, -0.2) is 0 Å². The Morgan fingerprint density at radius 1 is 1.07 bits per heavy atom. The van der Waals surface area contributed by atoms with Crippen LogP contribution in [0.15, 0.2) is 65.1 Å². The van der Waals surface area contributed by atoms with E-state index in [2.05, 4.69) is 5.32 Å². The number of hydrogen-bond donors (Lipinski definition) is 1. The number of carbonyl (C=O) groups excluding carboxylic acids is 3. The first kappa shape index (κ1) is 19.4. The molecule has 1 N–H and O–H groups in total. The second kappa shape index (κ2) is 8.24. The van der Waals surface area contributed by atoms with Crippen molar-refractivity contribution in [1.82, 2.24) is 5.32 Å². The molecule has 1 aliphatic rings. The molecule has 30 heavy (non-hydrogen) atoms. The molecule has 7 nitrogen and oxygen atoms in total. The molecule has 0 spiro atoms. The van der Waals surface area contributed by atoms with Crippen LogP contribution in [0.25, 0.3) is 0 Å². The van der Waals surface area contributed by atoms with Gasteiger partial charge in [0, 0.05) is 12.1 Å². The Bertz CT molecular complexity index is 1100. The first-order valence-electron chi connectivity index (χ1n) is 9.50. The highest BCUT2D eigenvalue weighted by molar-refractivity contribution is 6.01. The van der Waals surface area contributed by atoms with Crippen molar-refractivity contribution in [2.45, 2.75) is 20.0 Å². The normalized spacial score (nSPS) is 12.8. The molecular weight excluding hydrogens is 384 g/mol. The first-order valence-corrected chi connectivity index (χ1v) is 9.50. The van der Waals surface area contributed by atoms with E-state index in [1.807, 2.05) is 30.3 Å². The number of Topliss-reactive ketones (excluding diaryl/α,β-unsaturated/α-hetero) is 1. The van der Waals surface area contributed by atoms with Crippen LogP contribution < -0.4 is 15.0 Å². The van der Waals surface area contributed by atoms with Gasteiger partial charge in [-0.05, 0) is 42.8 Å². The van der Waals surface area contributed by atoms with Crippen molar-refractivity contribution in [3.63, 3.8) is 0 Å². The Morgan fingerprint density at radius 2 is 1.87 bits per heavy atom. The lowest BCUT2D eigenvalue weighted by Crippen LogP contribution is -2.38. The van der Waals surface area contributed by atoms with E-state index in [1.54, 1.807) is 30.3 Å². The second-order valence-electron chi connectivity index (χ2n) is 6.94. The summed E-state index contributed by atoms with van der Waals surface area (Å²) < 4.78 is 11.1. The largest absolute Gasteiger partial charge is 0.482 e. The molecule has 1 aromatic heterocycles. The van der Waals surface area contributed by atoms with Gasteiger partial charge in [0.1, 0.15) is 11.5 Å². The molecular formula is C23H20N2O5. The highest BCUT2D eigenvalue weighted by Crippen LogP contribution is 2.34. The van der Waals surface area contributed by atoms with E-state index < -0.39 is 0 Å². The van der Waals surface area contributed by atoms with Crippen LogP contribution in [-0.2, 0) is 17.9 Å². The fraction of sp³-hybridized carbons (Fsp3) is 0.174. The molecule has 0 fully saturated rings. The number of ether oxygens (including phenoxy) is 1. The molecule has 2 aromatic carbocycles. The van der Waals surface area contributed by atoms with E-state index in [-0.39, 0.29) is 36.5 Å². The molecule has 0 unspecified atom stereocenters. The van der Waals surface area contributed by atoms with E-state index >= 15 is 0 Å². The molecule has 2 amide bonds. The molecule has 0 radical (unpaired) electrons. The maximum absolute atomic E-state index is 12.4. The molecule has 1 aliphatic heterocycles. The van der Waals surface area contributed by atoms with Crippen molar-refractivity contribution in [3.8, 4) is 5.75 Å². The van der Waals surface area contributed by atoms with E-state index in [1.165, 1.54) is 11.8 Å². The van der Waals surface area contributed by atoms with Crippen molar-refractivity contribution >= 4 is 23.3 Å². The number of nitrogens with zero attached hydrogens (tertiary/aromatic N) is 1. The van der Waals surface area contributed by atoms with Crippen molar-refractivity contribution < 1.29 is 23.5 Å². The van der Waals surface area contributed by atoms with E-state index in [4.69, 9.17) is 9.15 Å². The molecule has 3 aromatic rings. The number of hydrogen-bond acceptors (Lipinski definition) is 5. The van der Waals surface area contributed by atoms with Gasteiger partial charge in [0.05, 0.1) is 12.2 Å². The van der Waals surface area contributed by atoms with E-state index in [0.717, 1.165) is 5.56 Å². The van der Waals surface area contributed by atoms with Crippen molar-refractivity contribution in [2.75, 3.05) is 11.5 Å². The van der Waals surface area contributed by atoms with Gasteiger partial charge in [-0.1, -0.05) is 30.3 Å². The number of rotatable bonds is 6. The van der Waals surface area contributed by atoms with Gasteiger partial charge in [0.25, 0.3) is 11.8 Å². The average Bonchev–Trinajstić information content (AvgIpc) is 3.23. The van der Waals surface area contributed by atoms with Crippen LogP contribution >= 0.6 is 0 Å². The molecule has 0 saturated heterocycles. The standard InChI is InChI=1S/C23H20N2O5/c1-15(26)17-7-9-20-19(11-17)25(22(27)14-29-20)13-18-8-10-21(30-18)23(28)24-12-16-5-3-2-4-6-16/h2-11H,12-14H2,1H3,(H,24,28). The monoisotopic (exact) mass is 404 g/mol. The van der Waals surface area contributed by atoms with Crippen LogP contribution in [0.1, 0.15) is 39.2 Å². The quantitative estimate of drug-likeness (QED) is 0.637. The molecule has 152 valence electrons. The zero-order valence-corrected chi connectivity index (χ0v) is 16.4. The smallest absolute Gasteiger partial charge is 0.287 e. The van der Waals surface area contributed by atoms with Gasteiger partial charge in [-0.3, -0.25) is 19.3 Å². The maximum atomic E-state index is 12.4. The number of carbonyl (C=O) groups is 3. The Labute approximate surface area is 173 Å². The number of anilines is 1. The lowest BCUT2D eigenvalue weighted by Gasteiger charge is -2.29. The number of nitrogens with one attached hydrogen (secondary N) is 1. The number of amides is 2. The fourth-order valence-electron chi connectivity index (χ4n) is 3.20. The lowest BCUT2D eigenvalue weighted by molar-refractivity contribution is -0.121. The van der Waals surface area contributed by atoms with Crippen LogP contribution in [0.3, 0.4) is 0 Å². The van der Waals surface area contributed by atoms with E-state index in [9.17, 15) is 14.4 Å². The Kier molecular flexibility index (Phi) is 5.34. The third-order valence-electron chi connectivity index (χ3n) is 4.80. The molecule has 0 bridgehead atoms. The second-order valence-corrected chi connectivity index (χ2v) is 6.94. The van der Waals surface area contributed by atoms with Gasteiger partial charge in [-0.15, -0.1) is 0 Å². The zero-order valence-electron chi connectivity index (χ0n) is 16.4. The minimum absolute atomic E-state index is 0.0997. The van der Waals surface area contributed by atoms with Crippen molar-refractivity contribution in [1.29, 1.82) is 0 Å². The SMILES string of the molecule is CC(=O)c1ccc2c(c1)N(Cc1ccc(C(=O)NCc3ccccc3)o1)C(=O)CO2. The Balaban J connectivity index is 1.48. The van der Waals surface area contributed by atoms with Crippen LogP contribution in [0, 0.1) is 0 Å². The van der Waals surface area contributed by atoms with Crippen molar-refractivity contribution in [2.24, 2.45) is 0 Å². The minimum atomic E-state index is -0.335. The summed E-state index contributed by atoms with van der Waals surface area (Å²) in [6, 6.07) is 17.8. The summed E-state index contributed by atoms with van der Waals surface area (Å²) >= 11 is 0. The summed E-state index contributed by atoms with van der Waals surface area (Å²) in [7, 11) is 0. The summed E-state index contributed by atoms with van der Waals surface area (Å²) in [5, 5.41) is 2.81. The number of ketones is 1.